The van der Waals surface area contributed by atoms with E-state index in [1.807, 2.05) is 27.4 Å². The van der Waals surface area contributed by atoms with Gasteiger partial charge in [-0.2, -0.15) is 5.10 Å². The Bertz CT molecular complexity index is 1250. The normalized spacial score (nSPS) is 17.4. The molecule has 1 N–H and O–H groups in total. The molecule has 1 aliphatic heterocycles. The molecular formula is C23H26FN7OS. The summed E-state index contributed by atoms with van der Waals surface area (Å²) in [7, 11) is -1.26. The largest absolute Gasteiger partial charge is 0.346 e. The average Bonchev–Trinajstić information content (AvgIpc) is 3.53. The number of hydrogen-bond donors (Lipinski definition) is 1. The van der Waals surface area contributed by atoms with Gasteiger partial charge in [0, 0.05) is 56.1 Å². The first kappa shape index (κ1) is 21.9. The Morgan fingerprint density at radius 3 is 2.67 bits per heavy atom. The number of fused-ring (bicyclic) bond motifs is 1. The highest BCUT2D eigenvalue weighted by molar-refractivity contribution is 7.82. The summed E-state index contributed by atoms with van der Waals surface area (Å²) in [6, 6.07) is 8.12. The first-order chi connectivity index (χ1) is 16.1. The van der Waals surface area contributed by atoms with Crippen molar-refractivity contribution in [3.05, 3.63) is 61.1 Å². The minimum Gasteiger partial charge on any atom is -0.346 e. The Kier molecular flexibility index (Phi) is 6.30. The molecule has 10 heteroatoms. The second-order valence-electron chi connectivity index (χ2n) is 8.17. The van der Waals surface area contributed by atoms with Crippen molar-refractivity contribution in [3.63, 3.8) is 0 Å². The second-order valence-corrected chi connectivity index (χ2v) is 9.65. The van der Waals surface area contributed by atoms with Gasteiger partial charge in [-0.15, -0.1) is 0 Å². The van der Waals surface area contributed by atoms with Gasteiger partial charge in [-0.3, -0.25) is 9.58 Å². The van der Waals surface area contributed by atoms with Gasteiger partial charge in [0.2, 0.25) is 0 Å². The highest BCUT2D eigenvalue weighted by Crippen LogP contribution is 2.26. The zero-order valence-corrected chi connectivity index (χ0v) is 19.2. The summed E-state index contributed by atoms with van der Waals surface area (Å²) >= 11 is 0. The molecule has 2 atom stereocenters. The Hall–Kier alpha value is -2.95. The molecule has 4 aromatic rings. The Morgan fingerprint density at radius 2 is 1.91 bits per heavy atom. The topological polar surface area (TPSA) is 82.9 Å². The monoisotopic (exact) mass is 467 g/mol. The predicted octanol–water partition coefficient (Wildman–Crippen LogP) is 3.25. The van der Waals surface area contributed by atoms with Crippen molar-refractivity contribution in [1.82, 2.24) is 33.9 Å². The van der Waals surface area contributed by atoms with Gasteiger partial charge in [0.1, 0.15) is 28.8 Å². The molecule has 0 saturated carbocycles. The van der Waals surface area contributed by atoms with Crippen molar-refractivity contribution < 1.29 is 8.60 Å². The van der Waals surface area contributed by atoms with Crippen LogP contribution in [-0.2, 0) is 11.0 Å². The van der Waals surface area contributed by atoms with Gasteiger partial charge >= 0.3 is 0 Å². The fraction of sp³-hybridized carbons (Fsp3) is 0.348. The lowest BCUT2D eigenvalue weighted by atomic mass is 10.1. The van der Waals surface area contributed by atoms with Gasteiger partial charge in [-0.25, -0.2) is 22.9 Å². The minimum atomic E-state index is -1.26. The zero-order valence-electron chi connectivity index (χ0n) is 18.4. The third kappa shape index (κ3) is 4.59. The van der Waals surface area contributed by atoms with Gasteiger partial charge in [0.05, 0.1) is 22.8 Å². The van der Waals surface area contributed by atoms with Crippen LogP contribution in [0.3, 0.4) is 0 Å². The molecule has 0 bridgehead atoms. The first-order valence-electron chi connectivity index (χ1n) is 11.1. The van der Waals surface area contributed by atoms with E-state index in [9.17, 15) is 8.60 Å². The summed E-state index contributed by atoms with van der Waals surface area (Å²) in [4.78, 5) is 14.9. The van der Waals surface area contributed by atoms with Gasteiger partial charge in [0.15, 0.2) is 0 Å². The number of aromatic nitrogens is 5. The summed E-state index contributed by atoms with van der Waals surface area (Å²) in [6.45, 7) is 6.11. The molecule has 0 aliphatic carbocycles. The Morgan fingerprint density at radius 1 is 1.12 bits per heavy atom. The Labute approximate surface area is 194 Å². The molecule has 0 spiro atoms. The zero-order chi connectivity index (χ0) is 22.8. The van der Waals surface area contributed by atoms with Crippen molar-refractivity contribution >= 4 is 22.0 Å². The van der Waals surface area contributed by atoms with Crippen molar-refractivity contribution in [3.8, 4) is 11.3 Å². The molecule has 1 saturated heterocycles. The van der Waals surface area contributed by atoms with E-state index in [0.29, 0.717) is 18.0 Å². The molecular weight excluding hydrogens is 441 g/mol. The number of piperazine rings is 1. The molecule has 4 heterocycles. The molecule has 3 aromatic heterocycles. The molecule has 1 aliphatic rings. The van der Waals surface area contributed by atoms with Crippen molar-refractivity contribution in [2.75, 3.05) is 32.7 Å². The summed E-state index contributed by atoms with van der Waals surface area (Å²) in [5, 5.41) is 5.62. The average molecular weight is 468 g/mol. The van der Waals surface area contributed by atoms with E-state index in [2.05, 4.69) is 38.1 Å². The van der Waals surface area contributed by atoms with E-state index in [0.717, 1.165) is 48.3 Å². The van der Waals surface area contributed by atoms with E-state index < -0.39 is 11.0 Å². The maximum atomic E-state index is 13.2. The van der Waals surface area contributed by atoms with Crippen LogP contribution in [-0.4, -0.2) is 70.9 Å². The third-order valence-corrected chi connectivity index (χ3v) is 7.63. The van der Waals surface area contributed by atoms with E-state index in [4.69, 9.17) is 0 Å². The molecule has 33 heavy (non-hydrogen) atoms. The van der Waals surface area contributed by atoms with Crippen LogP contribution in [0.5, 0.6) is 0 Å². The fourth-order valence-electron chi connectivity index (χ4n) is 4.24. The minimum absolute atomic E-state index is 0.233. The van der Waals surface area contributed by atoms with Crippen LogP contribution in [0.4, 0.5) is 4.39 Å². The van der Waals surface area contributed by atoms with Crippen LogP contribution in [0.1, 0.15) is 19.4 Å². The number of halogens is 1. The molecule has 172 valence electrons. The SMILES string of the molecule is CCC(CN1CCN(S(=O)c2ccc(F)cc2)CC1)n1cc(-c2ncnc3[nH]ccc23)cn1. The van der Waals surface area contributed by atoms with Crippen LogP contribution in [0.25, 0.3) is 22.3 Å². The third-order valence-electron chi connectivity index (χ3n) is 6.12. The van der Waals surface area contributed by atoms with E-state index in [-0.39, 0.29) is 11.9 Å². The number of aromatic amines is 1. The summed E-state index contributed by atoms with van der Waals surface area (Å²) < 4.78 is 29.9. The number of nitrogens with zero attached hydrogens (tertiary/aromatic N) is 6. The van der Waals surface area contributed by atoms with E-state index >= 15 is 0 Å². The first-order valence-corrected chi connectivity index (χ1v) is 12.2. The summed E-state index contributed by atoms with van der Waals surface area (Å²) in [5.41, 5.74) is 2.66. The smallest absolute Gasteiger partial charge is 0.141 e. The lowest BCUT2D eigenvalue weighted by Gasteiger charge is -2.35. The predicted molar refractivity (Wildman–Crippen MR) is 125 cm³/mol. The van der Waals surface area contributed by atoms with Gasteiger partial charge in [-0.05, 0) is 36.8 Å². The van der Waals surface area contributed by atoms with E-state index in [1.165, 1.54) is 12.1 Å². The number of rotatable bonds is 7. The second kappa shape index (κ2) is 9.50. The molecule has 0 amide bonds. The Balaban J connectivity index is 1.22. The van der Waals surface area contributed by atoms with Crippen molar-refractivity contribution in [1.29, 1.82) is 0 Å². The highest BCUT2D eigenvalue weighted by Gasteiger charge is 2.24. The van der Waals surface area contributed by atoms with E-state index in [1.54, 1.807) is 18.5 Å². The lowest BCUT2D eigenvalue weighted by molar-refractivity contribution is 0.163. The summed E-state index contributed by atoms with van der Waals surface area (Å²) in [5.74, 6) is -0.315. The van der Waals surface area contributed by atoms with Crippen LogP contribution < -0.4 is 0 Å². The fourth-order valence-corrected chi connectivity index (χ4v) is 5.40. The maximum absolute atomic E-state index is 13.2. The van der Waals surface area contributed by atoms with Crippen LogP contribution in [0.2, 0.25) is 0 Å². The molecule has 1 aromatic carbocycles. The van der Waals surface area contributed by atoms with Crippen molar-refractivity contribution in [2.45, 2.75) is 24.3 Å². The number of nitrogens with one attached hydrogen (secondary N) is 1. The standard InChI is InChI=1S/C23H26FN7OS/c1-2-19(31-14-17(13-28-31)22-21-7-8-25-23(21)27-16-26-22)15-29-9-11-30(12-10-29)33(32)20-5-3-18(24)4-6-20/h3-8,13-14,16,19H,2,9-12,15H2,1H3,(H,25,26,27). The van der Waals surface area contributed by atoms with Crippen LogP contribution in [0, 0.1) is 5.82 Å². The molecule has 2 unspecified atom stereocenters. The molecule has 1 fully saturated rings. The van der Waals surface area contributed by atoms with Gasteiger partial charge < -0.3 is 4.98 Å². The number of hydrogen-bond acceptors (Lipinski definition) is 5. The van der Waals surface area contributed by atoms with Gasteiger partial charge in [0.25, 0.3) is 0 Å². The molecule has 5 rings (SSSR count). The molecule has 8 nitrogen and oxygen atoms in total. The quantitative estimate of drug-likeness (QED) is 0.451. The van der Waals surface area contributed by atoms with Crippen molar-refractivity contribution in [2.24, 2.45) is 0 Å². The summed E-state index contributed by atoms with van der Waals surface area (Å²) in [6.07, 6.45) is 8.30. The maximum Gasteiger partial charge on any atom is 0.141 e. The van der Waals surface area contributed by atoms with Gasteiger partial charge in [-0.1, -0.05) is 6.92 Å². The van der Waals surface area contributed by atoms with Crippen LogP contribution in [0.15, 0.2) is 60.1 Å². The highest BCUT2D eigenvalue weighted by atomic mass is 32.2. The lowest BCUT2D eigenvalue weighted by Crippen LogP contribution is -2.48. The molecule has 0 radical (unpaired) electrons. The van der Waals surface area contributed by atoms with Crippen LogP contribution >= 0.6 is 0 Å². The number of benzene rings is 1. The number of H-pyrrole nitrogens is 1.